The molecule has 3 amide bonds. The van der Waals surface area contributed by atoms with Crippen molar-refractivity contribution in [3.05, 3.63) is 29.8 Å². The van der Waals surface area contributed by atoms with E-state index in [2.05, 4.69) is 10.6 Å². The molecule has 1 saturated carbocycles. The number of fused-ring (bicyclic) bond motifs is 1. The molecule has 0 spiro atoms. The van der Waals surface area contributed by atoms with Crippen LogP contribution in [0.2, 0.25) is 0 Å². The second-order valence-corrected chi connectivity index (χ2v) is 7.48. The van der Waals surface area contributed by atoms with Crippen molar-refractivity contribution in [3.8, 4) is 5.75 Å². The van der Waals surface area contributed by atoms with Gasteiger partial charge in [-0.2, -0.15) is 0 Å². The maximum absolute atomic E-state index is 12.5. The minimum Gasteiger partial charge on any atom is -0.484 e. The zero-order valence-electron chi connectivity index (χ0n) is 16.1. The van der Waals surface area contributed by atoms with Crippen molar-refractivity contribution in [1.82, 2.24) is 15.5 Å². The van der Waals surface area contributed by atoms with Gasteiger partial charge in [-0.15, -0.1) is 0 Å². The molecule has 0 bridgehead atoms. The van der Waals surface area contributed by atoms with E-state index in [1.54, 1.807) is 23.1 Å². The van der Waals surface area contributed by atoms with Crippen LogP contribution in [0.25, 0.3) is 0 Å². The van der Waals surface area contributed by atoms with Crippen LogP contribution < -0.4 is 15.4 Å². The van der Waals surface area contributed by atoms with Gasteiger partial charge in [0.2, 0.25) is 0 Å². The molecule has 1 aromatic rings. The van der Waals surface area contributed by atoms with E-state index in [4.69, 9.17) is 4.74 Å². The highest BCUT2D eigenvalue weighted by Crippen LogP contribution is 2.48. The molecule has 0 aromatic heterocycles. The van der Waals surface area contributed by atoms with E-state index in [1.807, 2.05) is 13.0 Å². The lowest BCUT2D eigenvalue weighted by Gasteiger charge is -2.23. The quantitative estimate of drug-likeness (QED) is 0.656. The number of nitrogens with one attached hydrogen (secondary N) is 2. The number of nitrogens with zero attached hydrogens (tertiary/aromatic N) is 1. The normalized spacial score (nSPS) is 23.2. The molecule has 8 heteroatoms. The van der Waals surface area contributed by atoms with Crippen LogP contribution in [0.4, 0.5) is 4.79 Å². The number of amides is 3. The van der Waals surface area contributed by atoms with Gasteiger partial charge in [-0.3, -0.25) is 9.59 Å². The third-order valence-electron chi connectivity index (χ3n) is 5.67. The van der Waals surface area contributed by atoms with Crippen LogP contribution in [0.1, 0.15) is 31.7 Å². The first-order valence-corrected chi connectivity index (χ1v) is 9.69. The fourth-order valence-corrected chi connectivity index (χ4v) is 4.23. The first kappa shape index (κ1) is 20.0. The zero-order chi connectivity index (χ0) is 20.1. The van der Waals surface area contributed by atoms with Crippen molar-refractivity contribution in [3.63, 3.8) is 0 Å². The summed E-state index contributed by atoms with van der Waals surface area (Å²) in [6.07, 6.45) is 2.42. The number of ether oxygens (including phenoxy) is 1. The Hall–Kier alpha value is -2.77. The second kappa shape index (κ2) is 8.50. The van der Waals surface area contributed by atoms with Gasteiger partial charge >= 0.3 is 12.0 Å². The molecule has 3 N–H and O–H groups in total. The standard InChI is InChI=1S/C20H27N3O5/c1-2-21-17(24)12-28-16-7-3-5-14(9-16)10-22-19(27)23-11-15-6-4-8-20(15,13-23)18(25)26/h3,5,7,9,15H,2,4,6,8,10-13H2,1H3,(H,21,24)(H,22,27)(H,25,26)/t15-,20+/m0/s1. The van der Waals surface area contributed by atoms with Crippen LogP contribution in [-0.2, 0) is 16.1 Å². The van der Waals surface area contributed by atoms with Gasteiger partial charge in [0.05, 0.1) is 5.41 Å². The monoisotopic (exact) mass is 389 g/mol. The molecule has 1 aliphatic heterocycles. The Kier molecular flexibility index (Phi) is 6.06. The van der Waals surface area contributed by atoms with E-state index in [1.165, 1.54) is 0 Å². The molecule has 152 valence electrons. The number of rotatable bonds is 7. The summed E-state index contributed by atoms with van der Waals surface area (Å²) in [7, 11) is 0. The van der Waals surface area contributed by atoms with Crippen molar-refractivity contribution >= 4 is 17.9 Å². The number of likely N-dealkylation sites (N-methyl/N-ethyl adjacent to an activating group) is 1. The van der Waals surface area contributed by atoms with Crippen molar-refractivity contribution < 1.29 is 24.2 Å². The zero-order valence-corrected chi connectivity index (χ0v) is 16.1. The Morgan fingerprint density at radius 1 is 1.32 bits per heavy atom. The average molecular weight is 389 g/mol. The lowest BCUT2D eigenvalue weighted by Crippen LogP contribution is -2.41. The van der Waals surface area contributed by atoms with Crippen molar-refractivity contribution in [2.75, 3.05) is 26.2 Å². The van der Waals surface area contributed by atoms with E-state index >= 15 is 0 Å². The van der Waals surface area contributed by atoms with Crippen molar-refractivity contribution in [1.29, 1.82) is 0 Å². The Balaban J connectivity index is 1.52. The van der Waals surface area contributed by atoms with Gasteiger partial charge in [-0.05, 0) is 43.4 Å². The number of aliphatic carboxylic acids is 1. The minimum absolute atomic E-state index is 0.0433. The summed E-state index contributed by atoms with van der Waals surface area (Å²) in [5.41, 5.74) is 0.0681. The molecule has 0 radical (unpaired) electrons. The third kappa shape index (κ3) is 4.21. The van der Waals surface area contributed by atoms with Crippen LogP contribution in [0.5, 0.6) is 5.75 Å². The molecule has 3 rings (SSSR count). The Labute approximate surface area is 164 Å². The highest BCUT2D eigenvalue weighted by Gasteiger charge is 2.55. The summed E-state index contributed by atoms with van der Waals surface area (Å²) in [4.78, 5) is 37.4. The molecule has 28 heavy (non-hydrogen) atoms. The number of urea groups is 1. The van der Waals surface area contributed by atoms with Gasteiger partial charge in [-0.1, -0.05) is 18.6 Å². The van der Waals surface area contributed by atoms with E-state index in [0.717, 1.165) is 18.4 Å². The molecule has 2 atom stereocenters. The number of carboxylic acids is 1. The molecule has 1 aromatic carbocycles. The number of carbonyl (C=O) groups is 3. The van der Waals surface area contributed by atoms with Gasteiger partial charge in [0, 0.05) is 26.2 Å². The fourth-order valence-electron chi connectivity index (χ4n) is 4.23. The summed E-state index contributed by atoms with van der Waals surface area (Å²) < 4.78 is 5.46. The topological polar surface area (TPSA) is 108 Å². The molecular formula is C20H27N3O5. The van der Waals surface area contributed by atoms with Crippen LogP contribution in [0.15, 0.2) is 24.3 Å². The summed E-state index contributed by atoms with van der Waals surface area (Å²) >= 11 is 0. The molecule has 2 fully saturated rings. The number of benzene rings is 1. The Bertz CT molecular complexity index is 753. The Morgan fingerprint density at radius 3 is 2.86 bits per heavy atom. The van der Waals surface area contributed by atoms with Gasteiger partial charge in [0.25, 0.3) is 5.91 Å². The van der Waals surface area contributed by atoms with Crippen LogP contribution in [-0.4, -0.2) is 54.2 Å². The van der Waals surface area contributed by atoms with Crippen LogP contribution in [0.3, 0.4) is 0 Å². The maximum atomic E-state index is 12.5. The van der Waals surface area contributed by atoms with Crippen LogP contribution in [0, 0.1) is 11.3 Å². The maximum Gasteiger partial charge on any atom is 0.317 e. The fraction of sp³-hybridized carbons (Fsp3) is 0.550. The smallest absolute Gasteiger partial charge is 0.317 e. The molecule has 8 nitrogen and oxygen atoms in total. The SMILES string of the molecule is CCNC(=O)COc1cccc(CNC(=O)N2C[C@@H]3CCC[C@@]3(C(=O)O)C2)c1. The Morgan fingerprint density at radius 2 is 2.14 bits per heavy atom. The highest BCUT2D eigenvalue weighted by atomic mass is 16.5. The number of carbonyl (C=O) groups excluding carboxylic acids is 2. The van der Waals surface area contributed by atoms with Crippen molar-refractivity contribution in [2.45, 2.75) is 32.7 Å². The third-order valence-corrected chi connectivity index (χ3v) is 5.67. The second-order valence-electron chi connectivity index (χ2n) is 7.48. The highest BCUT2D eigenvalue weighted by molar-refractivity contribution is 5.80. The van der Waals surface area contributed by atoms with E-state index in [-0.39, 0.29) is 31.0 Å². The average Bonchev–Trinajstić information content (AvgIpc) is 3.24. The van der Waals surface area contributed by atoms with E-state index in [0.29, 0.717) is 31.8 Å². The molecular weight excluding hydrogens is 362 g/mol. The lowest BCUT2D eigenvalue weighted by atomic mass is 9.81. The number of likely N-dealkylation sites (tertiary alicyclic amines) is 1. The first-order valence-electron chi connectivity index (χ1n) is 9.69. The summed E-state index contributed by atoms with van der Waals surface area (Å²) in [5, 5.41) is 15.2. The molecule has 0 unspecified atom stereocenters. The molecule has 2 aliphatic rings. The van der Waals surface area contributed by atoms with E-state index in [9.17, 15) is 19.5 Å². The first-order chi connectivity index (χ1) is 13.4. The lowest BCUT2D eigenvalue weighted by molar-refractivity contribution is -0.149. The van der Waals surface area contributed by atoms with Gasteiger partial charge in [0.1, 0.15) is 5.75 Å². The van der Waals surface area contributed by atoms with Gasteiger partial charge in [-0.25, -0.2) is 4.79 Å². The molecule has 1 aliphatic carbocycles. The minimum atomic E-state index is -0.790. The summed E-state index contributed by atoms with van der Waals surface area (Å²) in [6, 6.07) is 6.94. The number of hydrogen-bond donors (Lipinski definition) is 3. The number of carboxylic acid groups (broad SMARTS) is 1. The van der Waals surface area contributed by atoms with Gasteiger partial charge in [0.15, 0.2) is 6.61 Å². The summed E-state index contributed by atoms with van der Waals surface area (Å²) in [6.45, 7) is 3.40. The molecule has 1 heterocycles. The largest absolute Gasteiger partial charge is 0.484 e. The predicted octanol–water partition coefficient (Wildman–Crippen LogP) is 1.60. The molecule has 1 saturated heterocycles. The number of hydrogen-bond acceptors (Lipinski definition) is 4. The van der Waals surface area contributed by atoms with Crippen LogP contribution >= 0.6 is 0 Å². The van der Waals surface area contributed by atoms with Crippen molar-refractivity contribution in [2.24, 2.45) is 11.3 Å². The van der Waals surface area contributed by atoms with Gasteiger partial charge < -0.3 is 25.4 Å². The summed E-state index contributed by atoms with van der Waals surface area (Å²) in [5.74, 6) is -0.379. The predicted molar refractivity (Wildman–Crippen MR) is 102 cm³/mol. The van der Waals surface area contributed by atoms with E-state index < -0.39 is 11.4 Å².